The molecule has 0 saturated carbocycles. The van der Waals surface area contributed by atoms with Gasteiger partial charge < -0.3 is 14.4 Å². The van der Waals surface area contributed by atoms with Crippen LogP contribution in [0.15, 0.2) is 42.2 Å². The normalized spacial score (nSPS) is 11.6. The van der Waals surface area contributed by atoms with Gasteiger partial charge in [-0.05, 0) is 31.2 Å². The Morgan fingerprint density at radius 1 is 1.21 bits per heavy atom. The highest BCUT2D eigenvalue weighted by Crippen LogP contribution is 2.33. The number of hydrogen-bond donors (Lipinski definition) is 0. The molecule has 0 N–H and O–H groups in total. The average molecular weight is 552 g/mol. The minimum atomic E-state index is -1.22. The van der Waals surface area contributed by atoms with Gasteiger partial charge in [-0.15, -0.1) is 11.3 Å². The Bertz CT molecular complexity index is 1420. The first-order valence-electron chi connectivity index (χ1n) is 12.5. The van der Waals surface area contributed by atoms with Gasteiger partial charge in [0, 0.05) is 62.6 Å². The minimum Gasteiger partial charge on any atom is -0.493 e. The highest BCUT2D eigenvalue weighted by molar-refractivity contribution is 7.13. The van der Waals surface area contributed by atoms with Crippen LogP contribution in [-0.4, -0.2) is 65.2 Å². The Hall–Kier alpha value is -3.41. The molecule has 0 unspecified atom stereocenters. The van der Waals surface area contributed by atoms with E-state index in [1.54, 1.807) is 47.4 Å². The van der Waals surface area contributed by atoms with Gasteiger partial charge in [-0.3, -0.25) is 14.6 Å². The van der Waals surface area contributed by atoms with Gasteiger partial charge in [-0.2, -0.15) is 5.10 Å². The Labute approximate surface area is 227 Å². The number of rotatable bonds is 12. The molecule has 0 radical (unpaired) electrons. The zero-order chi connectivity index (χ0) is 27.3. The molecule has 1 amide bonds. The van der Waals surface area contributed by atoms with Gasteiger partial charge in [-0.25, -0.2) is 9.67 Å². The van der Waals surface area contributed by atoms with Gasteiger partial charge in [0.25, 0.3) is 5.91 Å². The maximum atomic E-state index is 13.4. The van der Waals surface area contributed by atoms with Crippen molar-refractivity contribution in [3.8, 4) is 16.3 Å². The Balaban J connectivity index is 1.57. The fourth-order valence-electron chi connectivity index (χ4n) is 4.04. The summed E-state index contributed by atoms with van der Waals surface area (Å²) in [6.45, 7) is 10.5. The molecular formula is C27H33N5O4SSi. The molecule has 0 fully saturated rings. The number of amides is 1. The van der Waals surface area contributed by atoms with Crippen molar-refractivity contribution < 1.29 is 19.1 Å². The van der Waals surface area contributed by atoms with Crippen LogP contribution in [0.1, 0.15) is 33.3 Å². The molecule has 0 aliphatic carbocycles. The third-order valence-corrected chi connectivity index (χ3v) is 8.56. The van der Waals surface area contributed by atoms with Crippen LogP contribution in [0.2, 0.25) is 25.7 Å². The summed E-state index contributed by atoms with van der Waals surface area (Å²) in [4.78, 5) is 35.4. The number of pyridine rings is 1. The summed E-state index contributed by atoms with van der Waals surface area (Å²) in [5.41, 5.74) is 3.19. The van der Waals surface area contributed by atoms with Crippen LogP contribution in [0.25, 0.3) is 21.5 Å². The van der Waals surface area contributed by atoms with Crippen LogP contribution in [-0.2, 0) is 18.0 Å². The lowest BCUT2D eigenvalue weighted by Gasteiger charge is -2.20. The summed E-state index contributed by atoms with van der Waals surface area (Å²) in [5, 5.41) is 7.84. The average Bonchev–Trinajstić information content (AvgIpc) is 3.57. The Morgan fingerprint density at radius 2 is 2.03 bits per heavy atom. The molecule has 11 heteroatoms. The zero-order valence-corrected chi connectivity index (χ0v) is 24.2. The summed E-state index contributed by atoms with van der Waals surface area (Å²) in [5.74, 6) is 0.455. The van der Waals surface area contributed by atoms with E-state index in [1.807, 2.05) is 18.4 Å². The van der Waals surface area contributed by atoms with E-state index in [9.17, 15) is 9.59 Å². The predicted octanol–water partition coefficient (Wildman–Crippen LogP) is 5.35. The molecule has 4 rings (SSSR count). The third kappa shape index (κ3) is 6.34. The molecule has 0 aliphatic heterocycles. The van der Waals surface area contributed by atoms with E-state index in [-0.39, 0.29) is 19.2 Å². The van der Waals surface area contributed by atoms with Gasteiger partial charge >= 0.3 is 0 Å². The first kappa shape index (κ1) is 27.6. The minimum absolute atomic E-state index is 0.165. The maximum Gasteiger partial charge on any atom is 0.254 e. The highest BCUT2D eigenvalue weighted by Gasteiger charge is 2.20. The second kappa shape index (κ2) is 12.0. The smallest absolute Gasteiger partial charge is 0.254 e. The standard InChI is InChI=1S/C27H33N5O4SSi/c1-6-36-24-13-19(7-8-21(24)26-28-9-11-37-26)27(34)31(2)16-20-14-29-23(17-33)22-15-30-32(25(20)22)18-35-10-12-38(3,4)5/h7-9,11,13-15,17H,6,10,12,16,18H2,1-5H3. The summed E-state index contributed by atoms with van der Waals surface area (Å²) in [6.07, 6.45) is 5.73. The second-order valence-corrected chi connectivity index (χ2v) is 16.7. The van der Waals surface area contributed by atoms with Gasteiger partial charge in [0.05, 0.1) is 23.9 Å². The highest BCUT2D eigenvalue weighted by atomic mass is 32.1. The fourth-order valence-corrected chi connectivity index (χ4v) is 5.46. The first-order valence-corrected chi connectivity index (χ1v) is 17.1. The number of hydrogen-bond acceptors (Lipinski definition) is 8. The lowest BCUT2D eigenvalue weighted by molar-refractivity contribution is 0.0780. The molecule has 0 saturated heterocycles. The van der Waals surface area contributed by atoms with Crippen LogP contribution < -0.4 is 4.74 Å². The van der Waals surface area contributed by atoms with E-state index in [4.69, 9.17) is 9.47 Å². The maximum absolute atomic E-state index is 13.4. The predicted molar refractivity (Wildman–Crippen MR) is 152 cm³/mol. The van der Waals surface area contributed by atoms with E-state index in [1.165, 1.54) is 11.3 Å². The summed E-state index contributed by atoms with van der Waals surface area (Å²) in [6, 6.07) is 6.47. The number of ether oxygens (including phenoxy) is 2. The van der Waals surface area contributed by atoms with Crippen LogP contribution in [0.5, 0.6) is 5.75 Å². The molecular weight excluding hydrogens is 518 g/mol. The molecule has 0 spiro atoms. The molecule has 0 aliphatic rings. The number of aromatic nitrogens is 4. The van der Waals surface area contributed by atoms with Gasteiger partial charge in [0.15, 0.2) is 6.29 Å². The monoisotopic (exact) mass is 551 g/mol. The van der Waals surface area contributed by atoms with E-state index >= 15 is 0 Å². The first-order chi connectivity index (χ1) is 18.2. The van der Waals surface area contributed by atoms with Crippen LogP contribution in [0.3, 0.4) is 0 Å². The molecule has 3 aromatic heterocycles. The SMILES string of the molecule is CCOc1cc(C(=O)N(C)Cc2cnc(C=O)c3cnn(COCC[Si](C)(C)C)c23)ccc1-c1nccs1. The van der Waals surface area contributed by atoms with Crippen molar-refractivity contribution in [1.82, 2.24) is 24.6 Å². The quantitative estimate of drug-likeness (QED) is 0.133. The van der Waals surface area contributed by atoms with Crippen LogP contribution in [0, 0.1) is 0 Å². The van der Waals surface area contributed by atoms with E-state index < -0.39 is 8.07 Å². The molecule has 1 aromatic carbocycles. The molecule has 200 valence electrons. The largest absolute Gasteiger partial charge is 0.493 e. The molecule has 38 heavy (non-hydrogen) atoms. The van der Waals surface area contributed by atoms with Crippen molar-refractivity contribution in [3.05, 3.63) is 59.0 Å². The lowest BCUT2D eigenvalue weighted by atomic mass is 10.1. The number of aldehydes is 1. The number of nitrogens with zero attached hydrogens (tertiary/aromatic N) is 5. The number of carbonyl (C=O) groups is 2. The molecule has 4 aromatic rings. The third-order valence-electron chi connectivity index (χ3n) is 6.05. The summed E-state index contributed by atoms with van der Waals surface area (Å²) in [7, 11) is 0.517. The number of fused-ring (bicyclic) bond motifs is 1. The van der Waals surface area contributed by atoms with Crippen molar-refractivity contribution >= 4 is 42.5 Å². The summed E-state index contributed by atoms with van der Waals surface area (Å²) >= 11 is 1.52. The zero-order valence-electron chi connectivity index (χ0n) is 22.4. The second-order valence-electron chi connectivity index (χ2n) is 10.2. The van der Waals surface area contributed by atoms with Crippen molar-refractivity contribution in [2.45, 2.75) is 45.9 Å². The number of carbonyl (C=O) groups excluding carboxylic acids is 2. The van der Waals surface area contributed by atoms with Crippen molar-refractivity contribution in [2.75, 3.05) is 20.3 Å². The molecule has 9 nitrogen and oxygen atoms in total. The molecule has 0 bridgehead atoms. The van der Waals surface area contributed by atoms with E-state index in [0.717, 1.165) is 34.0 Å². The van der Waals surface area contributed by atoms with E-state index in [2.05, 4.69) is 34.7 Å². The molecule has 0 atom stereocenters. The van der Waals surface area contributed by atoms with E-state index in [0.29, 0.717) is 35.6 Å². The Morgan fingerprint density at radius 3 is 2.71 bits per heavy atom. The van der Waals surface area contributed by atoms with Gasteiger partial charge in [0.1, 0.15) is 23.2 Å². The lowest BCUT2D eigenvalue weighted by Crippen LogP contribution is -2.27. The van der Waals surface area contributed by atoms with Gasteiger partial charge in [-0.1, -0.05) is 19.6 Å². The summed E-state index contributed by atoms with van der Waals surface area (Å²) < 4.78 is 13.5. The van der Waals surface area contributed by atoms with Gasteiger partial charge in [0.2, 0.25) is 0 Å². The van der Waals surface area contributed by atoms with Crippen LogP contribution >= 0.6 is 11.3 Å². The van der Waals surface area contributed by atoms with Crippen molar-refractivity contribution in [2.24, 2.45) is 0 Å². The van der Waals surface area contributed by atoms with Crippen LogP contribution in [0.4, 0.5) is 0 Å². The van der Waals surface area contributed by atoms with Crippen molar-refractivity contribution in [1.29, 1.82) is 0 Å². The Kier molecular flexibility index (Phi) is 8.70. The number of thiazole rings is 1. The van der Waals surface area contributed by atoms with Crippen molar-refractivity contribution in [3.63, 3.8) is 0 Å². The topological polar surface area (TPSA) is 99.4 Å². The molecule has 3 heterocycles. The fraction of sp³-hybridized carbons (Fsp3) is 0.370. The number of benzene rings is 1.